The Hall–Kier alpha value is -1.86. The predicted octanol–water partition coefficient (Wildman–Crippen LogP) is -2.18. The molecular formula is C11H16N5O8P. The number of aromatic nitrogens is 4. The summed E-state index contributed by atoms with van der Waals surface area (Å²) in [5.41, 5.74) is 4.86. The summed E-state index contributed by atoms with van der Waals surface area (Å²) in [4.78, 5) is 39.6. The standard InChI is InChI=1S/C11H16N5O8P/c1-3(24-25(20,21)22)7-5(17)6(18)10(23-7)16-2-13-4-8(16)14-11(12)15-9(4)19/h2-3,5-7,10,17-18H,1H3,(H2,20,21,22)(H3,12,14,15,19)/t3?,5-,6+,7+,10+/m0/s1. The van der Waals surface area contributed by atoms with Gasteiger partial charge in [0.25, 0.3) is 5.56 Å². The Morgan fingerprint density at radius 1 is 1.44 bits per heavy atom. The number of nitrogens with one attached hydrogen (secondary N) is 1. The Morgan fingerprint density at radius 3 is 2.76 bits per heavy atom. The highest BCUT2D eigenvalue weighted by molar-refractivity contribution is 7.46. The van der Waals surface area contributed by atoms with Gasteiger partial charge >= 0.3 is 7.82 Å². The number of phosphoric ester groups is 1. The molecule has 0 radical (unpaired) electrons. The van der Waals surface area contributed by atoms with Crippen molar-refractivity contribution in [3.63, 3.8) is 0 Å². The molecule has 1 aliphatic heterocycles. The van der Waals surface area contributed by atoms with Crippen LogP contribution in [0.2, 0.25) is 0 Å². The molecule has 1 fully saturated rings. The van der Waals surface area contributed by atoms with Crippen LogP contribution < -0.4 is 11.3 Å². The minimum atomic E-state index is -4.82. The van der Waals surface area contributed by atoms with Gasteiger partial charge in [-0.15, -0.1) is 0 Å². The zero-order valence-corrected chi connectivity index (χ0v) is 13.6. The molecule has 2 aromatic heterocycles. The molecule has 14 heteroatoms. The zero-order chi connectivity index (χ0) is 18.5. The first-order valence-electron chi connectivity index (χ1n) is 7.06. The third-order valence-corrected chi connectivity index (χ3v) is 4.37. The van der Waals surface area contributed by atoms with E-state index in [4.69, 9.17) is 20.3 Å². The number of anilines is 1. The Balaban J connectivity index is 1.94. The summed E-state index contributed by atoms with van der Waals surface area (Å²) in [5.74, 6) is -0.179. The van der Waals surface area contributed by atoms with Gasteiger partial charge in [-0.1, -0.05) is 0 Å². The number of aliphatic hydroxyl groups excluding tert-OH is 2. The maximum Gasteiger partial charge on any atom is 0.469 e. The van der Waals surface area contributed by atoms with E-state index >= 15 is 0 Å². The Bertz CT molecular complexity index is 892. The molecule has 3 heterocycles. The van der Waals surface area contributed by atoms with Gasteiger partial charge in [0.2, 0.25) is 5.95 Å². The average molecular weight is 377 g/mol. The second-order valence-corrected chi connectivity index (χ2v) is 6.74. The fourth-order valence-corrected chi connectivity index (χ4v) is 3.26. The van der Waals surface area contributed by atoms with Crippen molar-refractivity contribution in [1.82, 2.24) is 19.5 Å². The van der Waals surface area contributed by atoms with Gasteiger partial charge in [-0.2, -0.15) is 4.98 Å². The average Bonchev–Trinajstić information content (AvgIpc) is 3.00. The maximum atomic E-state index is 11.8. The van der Waals surface area contributed by atoms with Crippen LogP contribution in [0.4, 0.5) is 5.95 Å². The quantitative estimate of drug-likeness (QED) is 0.316. The summed E-state index contributed by atoms with van der Waals surface area (Å²) in [6.07, 6.45) is -5.53. The smallest absolute Gasteiger partial charge is 0.387 e. The third-order valence-electron chi connectivity index (χ3n) is 3.77. The number of ether oxygens (including phenoxy) is 1. The van der Waals surface area contributed by atoms with Gasteiger partial charge in [0.05, 0.1) is 12.4 Å². The molecule has 3 rings (SSSR count). The molecule has 2 aromatic rings. The van der Waals surface area contributed by atoms with Crippen molar-refractivity contribution in [2.45, 2.75) is 37.6 Å². The SMILES string of the molecule is CC(OP(=O)(O)O)[C@H]1O[C@@H](n2cnc3c(=O)[nH]c(N)nc32)[C@H](O)[C@@H]1O. The minimum absolute atomic E-state index is 0.0155. The van der Waals surface area contributed by atoms with Crippen LogP contribution in [0.3, 0.4) is 0 Å². The maximum absolute atomic E-state index is 11.8. The van der Waals surface area contributed by atoms with Gasteiger partial charge in [-0.3, -0.25) is 18.9 Å². The van der Waals surface area contributed by atoms with E-state index in [0.29, 0.717) is 0 Å². The van der Waals surface area contributed by atoms with Crippen molar-refractivity contribution < 1.29 is 33.8 Å². The lowest BCUT2D eigenvalue weighted by Gasteiger charge is -2.22. The zero-order valence-electron chi connectivity index (χ0n) is 12.8. The van der Waals surface area contributed by atoms with E-state index in [0.717, 1.165) is 0 Å². The second kappa shape index (κ2) is 6.14. The highest BCUT2D eigenvalue weighted by atomic mass is 31.2. The predicted molar refractivity (Wildman–Crippen MR) is 81.1 cm³/mol. The van der Waals surface area contributed by atoms with Gasteiger partial charge in [-0.05, 0) is 6.92 Å². The molecule has 0 saturated carbocycles. The molecule has 1 saturated heterocycles. The van der Waals surface area contributed by atoms with Gasteiger partial charge in [-0.25, -0.2) is 9.55 Å². The second-order valence-electron chi connectivity index (χ2n) is 5.55. The van der Waals surface area contributed by atoms with Gasteiger partial charge in [0, 0.05) is 0 Å². The molecule has 0 bridgehead atoms. The van der Waals surface area contributed by atoms with Gasteiger partial charge in [0.1, 0.15) is 18.3 Å². The van der Waals surface area contributed by atoms with Crippen LogP contribution >= 0.6 is 7.82 Å². The Morgan fingerprint density at radius 2 is 2.12 bits per heavy atom. The van der Waals surface area contributed by atoms with Crippen molar-refractivity contribution in [3.8, 4) is 0 Å². The molecule has 5 atom stereocenters. The summed E-state index contributed by atoms with van der Waals surface area (Å²) in [6.45, 7) is 1.27. The number of aromatic amines is 1. The first-order chi connectivity index (χ1) is 11.6. The van der Waals surface area contributed by atoms with Crippen LogP contribution in [0, 0.1) is 0 Å². The van der Waals surface area contributed by atoms with Crippen LogP contribution in [-0.4, -0.2) is 63.9 Å². The topological polar surface area (TPSA) is 206 Å². The summed E-state index contributed by atoms with van der Waals surface area (Å²) in [5, 5.41) is 20.3. The summed E-state index contributed by atoms with van der Waals surface area (Å²) >= 11 is 0. The lowest BCUT2D eigenvalue weighted by Crippen LogP contribution is -2.38. The number of H-pyrrole nitrogens is 1. The first kappa shape index (κ1) is 17.9. The van der Waals surface area contributed by atoms with Crippen LogP contribution in [0.15, 0.2) is 11.1 Å². The number of nitrogen functional groups attached to an aromatic ring is 1. The molecule has 0 aliphatic carbocycles. The Kier molecular flexibility index (Phi) is 4.41. The molecule has 13 nitrogen and oxygen atoms in total. The van der Waals surface area contributed by atoms with E-state index < -0.39 is 44.0 Å². The summed E-state index contributed by atoms with van der Waals surface area (Å²) < 4.78 is 22.1. The normalized spacial score (nSPS) is 28.5. The van der Waals surface area contributed by atoms with Crippen LogP contribution in [-0.2, 0) is 13.8 Å². The number of phosphoric acid groups is 1. The van der Waals surface area contributed by atoms with Crippen LogP contribution in [0.25, 0.3) is 11.2 Å². The van der Waals surface area contributed by atoms with Gasteiger partial charge < -0.3 is 30.5 Å². The van der Waals surface area contributed by atoms with Crippen LogP contribution in [0.5, 0.6) is 0 Å². The molecule has 7 N–H and O–H groups in total. The van der Waals surface area contributed by atoms with Crippen molar-refractivity contribution in [1.29, 1.82) is 0 Å². The lowest BCUT2D eigenvalue weighted by atomic mass is 10.1. The summed E-state index contributed by atoms with van der Waals surface area (Å²) in [6, 6.07) is 0. The molecule has 0 amide bonds. The number of nitrogens with zero attached hydrogens (tertiary/aromatic N) is 3. The number of hydrogen-bond acceptors (Lipinski definition) is 9. The molecular weight excluding hydrogens is 361 g/mol. The van der Waals surface area contributed by atoms with E-state index in [9.17, 15) is 19.6 Å². The molecule has 138 valence electrons. The number of imidazole rings is 1. The molecule has 1 aliphatic rings. The lowest BCUT2D eigenvalue weighted by molar-refractivity contribution is -0.0757. The van der Waals surface area contributed by atoms with Gasteiger partial charge in [0.15, 0.2) is 17.4 Å². The van der Waals surface area contributed by atoms with E-state index in [1.807, 2.05) is 0 Å². The highest BCUT2D eigenvalue weighted by Gasteiger charge is 2.48. The molecule has 1 unspecified atom stereocenters. The van der Waals surface area contributed by atoms with Crippen molar-refractivity contribution in [3.05, 3.63) is 16.7 Å². The number of fused-ring (bicyclic) bond motifs is 1. The molecule has 0 spiro atoms. The number of aliphatic hydroxyl groups is 2. The van der Waals surface area contributed by atoms with Crippen molar-refractivity contribution in [2.24, 2.45) is 0 Å². The molecule has 25 heavy (non-hydrogen) atoms. The van der Waals surface area contributed by atoms with E-state index in [2.05, 4.69) is 19.5 Å². The third kappa shape index (κ3) is 3.30. The van der Waals surface area contributed by atoms with Crippen molar-refractivity contribution >= 4 is 24.9 Å². The fraction of sp³-hybridized carbons (Fsp3) is 0.545. The highest BCUT2D eigenvalue weighted by Crippen LogP contribution is 2.41. The van der Waals surface area contributed by atoms with Crippen molar-refractivity contribution in [2.75, 3.05) is 5.73 Å². The Labute approximate surface area is 139 Å². The fourth-order valence-electron chi connectivity index (χ4n) is 2.71. The number of rotatable bonds is 4. The largest absolute Gasteiger partial charge is 0.469 e. The van der Waals surface area contributed by atoms with Crippen LogP contribution in [0.1, 0.15) is 13.2 Å². The number of hydrogen-bond donors (Lipinski definition) is 6. The monoisotopic (exact) mass is 377 g/mol. The summed E-state index contributed by atoms with van der Waals surface area (Å²) in [7, 11) is -4.82. The van der Waals surface area contributed by atoms with E-state index in [1.54, 1.807) is 0 Å². The van der Waals surface area contributed by atoms with E-state index in [1.165, 1.54) is 17.8 Å². The van der Waals surface area contributed by atoms with E-state index in [-0.39, 0.29) is 17.1 Å². The molecule has 0 aromatic carbocycles. The first-order valence-corrected chi connectivity index (χ1v) is 8.59. The number of nitrogens with two attached hydrogens (primary N) is 1. The minimum Gasteiger partial charge on any atom is -0.387 e.